The molecule has 0 amide bonds. The van der Waals surface area contributed by atoms with Crippen LogP contribution >= 0.6 is 0 Å². The Morgan fingerprint density at radius 1 is 0.889 bits per heavy atom. The van der Waals surface area contributed by atoms with Crippen LogP contribution in [0.5, 0.6) is 0 Å². The Morgan fingerprint density at radius 2 is 1.50 bits per heavy atom. The monoisotopic (exact) mass is 235 g/mol. The van der Waals surface area contributed by atoms with Crippen LogP contribution < -0.4 is 10.8 Å². The van der Waals surface area contributed by atoms with E-state index in [0.717, 1.165) is 16.8 Å². The van der Waals surface area contributed by atoms with Crippen LogP contribution in [0.2, 0.25) is 0 Å². The first-order valence-electron chi connectivity index (χ1n) is 6.19. The molecule has 0 unspecified atom stereocenters. The number of benzene rings is 2. The molecule has 0 bridgehead atoms. The van der Waals surface area contributed by atoms with E-state index in [9.17, 15) is 0 Å². The maximum absolute atomic E-state index is 5.91. The molecule has 2 radical (unpaired) electrons. The summed E-state index contributed by atoms with van der Waals surface area (Å²) in [5, 5.41) is 3.33. The van der Waals surface area contributed by atoms with E-state index >= 15 is 0 Å². The van der Waals surface area contributed by atoms with E-state index in [-0.39, 0.29) is 5.41 Å². The fourth-order valence-corrected chi connectivity index (χ4v) is 1.82. The third kappa shape index (κ3) is 2.95. The Hall–Kier alpha value is -1.70. The molecule has 0 spiro atoms. The number of para-hydroxylation sites is 1. The zero-order chi connectivity index (χ0) is 13.2. The first-order valence-corrected chi connectivity index (χ1v) is 6.19. The Labute approximate surface area is 111 Å². The predicted molar refractivity (Wildman–Crippen MR) is 80.3 cm³/mol. The molecule has 18 heavy (non-hydrogen) atoms. The first-order chi connectivity index (χ1) is 8.47. The van der Waals surface area contributed by atoms with Crippen LogP contribution in [0.4, 0.5) is 11.4 Å². The van der Waals surface area contributed by atoms with Gasteiger partial charge >= 0.3 is 0 Å². The molecule has 1 nitrogen and oxygen atoms in total. The standard InChI is InChI=1S/C16H18BN/c1-16(2,3)12-8-10-13(11-9-12)18-15-7-5-4-6-14(15)17/h4-11,18H,1-3H3. The van der Waals surface area contributed by atoms with E-state index in [1.807, 2.05) is 24.3 Å². The Morgan fingerprint density at radius 3 is 2.06 bits per heavy atom. The van der Waals surface area contributed by atoms with Crippen molar-refractivity contribution >= 4 is 24.7 Å². The van der Waals surface area contributed by atoms with Gasteiger partial charge in [0.15, 0.2) is 0 Å². The summed E-state index contributed by atoms with van der Waals surface area (Å²) in [7, 11) is 5.91. The Kier molecular flexibility index (Phi) is 3.47. The summed E-state index contributed by atoms with van der Waals surface area (Å²) in [6, 6.07) is 16.3. The van der Waals surface area contributed by atoms with Crippen LogP contribution in [-0.4, -0.2) is 7.85 Å². The summed E-state index contributed by atoms with van der Waals surface area (Å²) >= 11 is 0. The van der Waals surface area contributed by atoms with Gasteiger partial charge in [-0.3, -0.25) is 0 Å². The first kappa shape index (κ1) is 12.8. The van der Waals surface area contributed by atoms with E-state index in [2.05, 4.69) is 50.4 Å². The lowest BCUT2D eigenvalue weighted by molar-refractivity contribution is 0.590. The fourth-order valence-electron chi connectivity index (χ4n) is 1.82. The number of hydrogen-bond acceptors (Lipinski definition) is 1. The summed E-state index contributed by atoms with van der Waals surface area (Å²) in [5.41, 5.74) is 4.28. The number of hydrogen-bond donors (Lipinski definition) is 1. The summed E-state index contributed by atoms with van der Waals surface area (Å²) in [6.45, 7) is 6.64. The second-order valence-corrected chi connectivity index (χ2v) is 5.54. The molecule has 0 atom stereocenters. The molecule has 2 heteroatoms. The molecule has 1 N–H and O–H groups in total. The van der Waals surface area contributed by atoms with E-state index in [0.29, 0.717) is 0 Å². The zero-order valence-electron chi connectivity index (χ0n) is 11.2. The molecular formula is C16H18BN. The zero-order valence-corrected chi connectivity index (χ0v) is 11.2. The number of anilines is 2. The van der Waals surface area contributed by atoms with Crippen molar-refractivity contribution in [2.75, 3.05) is 5.32 Å². The van der Waals surface area contributed by atoms with Gasteiger partial charge in [-0.15, -0.1) is 0 Å². The molecule has 0 aliphatic rings. The largest absolute Gasteiger partial charge is 0.356 e. The van der Waals surface area contributed by atoms with Crippen LogP contribution in [0, 0.1) is 0 Å². The SMILES string of the molecule is [B]c1ccccc1Nc1ccc(C(C)(C)C)cc1. The number of rotatable bonds is 2. The Balaban J connectivity index is 2.19. The third-order valence-corrected chi connectivity index (χ3v) is 2.99. The van der Waals surface area contributed by atoms with Crippen molar-refractivity contribution in [2.24, 2.45) is 0 Å². The van der Waals surface area contributed by atoms with Gasteiger partial charge in [-0.1, -0.05) is 56.6 Å². The lowest BCUT2D eigenvalue weighted by atomic mass is 9.87. The molecule has 0 aromatic heterocycles. The normalized spacial score (nSPS) is 11.3. The lowest BCUT2D eigenvalue weighted by Crippen LogP contribution is -2.11. The molecular weight excluding hydrogens is 217 g/mol. The van der Waals surface area contributed by atoms with Crippen LogP contribution in [0.3, 0.4) is 0 Å². The topological polar surface area (TPSA) is 12.0 Å². The Bertz CT molecular complexity index is 524. The van der Waals surface area contributed by atoms with Gasteiger partial charge in [-0.05, 0) is 29.2 Å². The minimum Gasteiger partial charge on any atom is -0.356 e. The van der Waals surface area contributed by atoms with Crippen LogP contribution in [0.15, 0.2) is 48.5 Å². The third-order valence-electron chi connectivity index (χ3n) is 2.99. The molecule has 90 valence electrons. The van der Waals surface area contributed by atoms with Crippen LogP contribution in [0.25, 0.3) is 0 Å². The summed E-state index contributed by atoms with van der Waals surface area (Å²) < 4.78 is 0. The molecule has 2 aromatic rings. The highest BCUT2D eigenvalue weighted by Gasteiger charge is 2.12. The molecule has 0 aliphatic carbocycles. The average Bonchev–Trinajstić information content (AvgIpc) is 2.32. The fraction of sp³-hybridized carbons (Fsp3) is 0.250. The van der Waals surface area contributed by atoms with Gasteiger partial charge in [0, 0.05) is 11.4 Å². The van der Waals surface area contributed by atoms with Gasteiger partial charge in [0.1, 0.15) is 7.85 Å². The minimum atomic E-state index is 0.185. The molecule has 0 saturated carbocycles. The van der Waals surface area contributed by atoms with Crippen molar-refractivity contribution in [3.05, 3.63) is 54.1 Å². The molecule has 0 aliphatic heterocycles. The molecule has 0 fully saturated rings. The number of nitrogens with one attached hydrogen (secondary N) is 1. The highest BCUT2D eigenvalue weighted by molar-refractivity contribution is 6.35. The quantitative estimate of drug-likeness (QED) is 0.785. The molecule has 0 heterocycles. The highest BCUT2D eigenvalue weighted by atomic mass is 14.9. The predicted octanol–water partition coefficient (Wildman–Crippen LogP) is 3.52. The summed E-state index contributed by atoms with van der Waals surface area (Å²) in [6.07, 6.45) is 0. The molecule has 2 rings (SSSR count). The van der Waals surface area contributed by atoms with E-state index in [4.69, 9.17) is 7.85 Å². The lowest BCUT2D eigenvalue weighted by Gasteiger charge is -2.19. The summed E-state index contributed by atoms with van der Waals surface area (Å²) in [5.74, 6) is 0. The average molecular weight is 235 g/mol. The minimum absolute atomic E-state index is 0.185. The van der Waals surface area contributed by atoms with Gasteiger partial charge < -0.3 is 5.32 Å². The van der Waals surface area contributed by atoms with Gasteiger partial charge in [0.2, 0.25) is 0 Å². The van der Waals surface area contributed by atoms with E-state index < -0.39 is 0 Å². The van der Waals surface area contributed by atoms with Crippen molar-refractivity contribution in [3.63, 3.8) is 0 Å². The van der Waals surface area contributed by atoms with Crippen LogP contribution in [-0.2, 0) is 5.41 Å². The van der Waals surface area contributed by atoms with Crippen molar-refractivity contribution in [1.29, 1.82) is 0 Å². The molecule has 2 aromatic carbocycles. The maximum Gasteiger partial charge on any atom is 0.116 e. The van der Waals surface area contributed by atoms with Crippen molar-refractivity contribution in [3.8, 4) is 0 Å². The second-order valence-electron chi connectivity index (χ2n) is 5.54. The second kappa shape index (κ2) is 4.89. The van der Waals surface area contributed by atoms with Crippen molar-refractivity contribution < 1.29 is 0 Å². The smallest absolute Gasteiger partial charge is 0.116 e. The van der Waals surface area contributed by atoms with E-state index in [1.165, 1.54) is 5.56 Å². The van der Waals surface area contributed by atoms with Crippen molar-refractivity contribution in [1.82, 2.24) is 0 Å². The van der Waals surface area contributed by atoms with Gasteiger partial charge in [0.25, 0.3) is 0 Å². The van der Waals surface area contributed by atoms with Crippen LogP contribution in [0.1, 0.15) is 26.3 Å². The van der Waals surface area contributed by atoms with Gasteiger partial charge in [0.05, 0.1) is 0 Å². The van der Waals surface area contributed by atoms with Crippen molar-refractivity contribution in [2.45, 2.75) is 26.2 Å². The highest BCUT2D eigenvalue weighted by Crippen LogP contribution is 2.24. The molecule has 0 saturated heterocycles. The maximum atomic E-state index is 5.91. The van der Waals surface area contributed by atoms with E-state index in [1.54, 1.807) is 0 Å². The van der Waals surface area contributed by atoms with Gasteiger partial charge in [-0.25, -0.2) is 0 Å². The van der Waals surface area contributed by atoms with Gasteiger partial charge in [-0.2, -0.15) is 0 Å². The summed E-state index contributed by atoms with van der Waals surface area (Å²) in [4.78, 5) is 0.